The fourth-order valence-corrected chi connectivity index (χ4v) is 2.94. The lowest BCUT2D eigenvalue weighted by Crippen LogP contribution is -2.28. The number of halogens is 1. The average molecular weight is 318 g/mol. The van der Waals surface area contributed by atoms with Gasteiger partial charge in [-0.3, -0.25) is 4.79 Å². The summed E-state index contributed by atoms with van der Waals surface area (Å²) in [5, 5.41) is 9.34. The number of carboxylic acids is 1. The van der Waals surface area contributed by atoms with Crippen LogP contribution in [0.3, 0.4) is 0 Å². The number of hydrogen-bond acceptors (Lipinski definition) is 4. The summed E-state index contributed by atoms with van der Waals surface area (Å²) >= 11 is 0. The summed E-state index contributed by atoms with van der Waals surface area (Å²) in [5.41, 5.74) is 0.980. The van der Waals surface area contributed by atoms with Crippen molar-refractivity contribution < 1.29 is 23.8 Å². The number of nitrogens with zero attached hydrogens (tertiary/aromatic N) is 2. The summed E-state index contributed by atoms with van der Waals surface area (Å²) < 4.78 is 19.9. The molecule has 120 valence electrons. The van der Waals surface area contributed by atoms with Gasteiger partial charge in [-0.25, -0.2) is 14.2 Å². The van der Waals surface area contributed by atoms with Gasteiger partial charge in [-0.1, -0.05) is 12.1 Å². The highest BCUT2D eigenvalue weighted by Crippen LogP contribution is 2.30. The molecule has 1 N–H and O–H groups in total. The Morgan fingerprint density at radius 2 is 2.22 bits per heavy atom. The molecule has 0 radical (unpaired) electrons. The van der Waals surface area contributed by atoms with Crippen molar-refractivity contribution in [2.75, 3.05) is 7.11 Å². The van der Waals surface area contributed by atoms with Crippen LogP contribution in [-0.2, 0) is 22.5 Å². The van der Waals surface area contributed by atoms with E-state index in [1.165, 1.54) is 25.3 Å². The number of benzene rings is 1. The van der Waals surface area contributed by atoms with Crippen molar-refractivity contribution in [1.82, 2.24) is 9.55 Å². The zero-order valence-electron chi connectivity index (χ0n) is 12.5. The Morgan fingerprint density at radius 3 is 2.87 bits per heavy atom. The van der Waals surface area contributed by atoms with Crippen molar-refractivity contribution in [2.45, 2.75) is 19.4 Å². The Labute approximate surface area is 131 Å². The number of aromatic carboxylic acids is 1. The maximum absolute atomic E-state index is 13.5. The molecule has 1 aliphatic heterocycles. The Balaban J connectivity index is 2.11. The summed E-state index contributed by atoms with van der Waals surface area (Å²) in [5.74, 6) is -1.92. The van der Waals surface area contributed by atoms with Gasteiger partial charge in [0.2, 0.25) is 0 Å². The van der Waals surface area contributed by atoms with Crippen molar-refractivity contribution in [3.8, 4) is 11.4 Å². The van der Waals surface area contributed by atoms with Gasteiger partial charge in [-0.2, -0.15) is 0 Å². The molecular formula is C16H15FN2O4. The zero-order valence-corrected chi connectivity index (χ0v) is 12.5. The van der Waals surface area contributed by atoms with Crippen LogP contribution < -0.4 is 0 Å². The van der Waals surface area contributed by atoms with Crippen LogP contribution in [0.5, 0.6) is 0 Å². The molecule has 0 amide bonds. The van der Waals surface area contributed by atoms with E-state index in [2.05, 4.69) is 4.98 Å². The Hall–Kier alpha value is -2.70. The summed E-state index contributed by atoms with van der Waals surface area (Å²) in [6, 6.07) is 5.79. The van der Waals surface area contributed by atoms with Gasteiger partial charge in [0.05, 0.1) is 18.7 Å². The Morgan fingerprint density at radius 1 is 1.43 bits per heavy atom. The first kappa shape index (κ1) is 15.2. The molecular weight excluding hydrogens is 303 g/mol. The van der Waals surface area contributed by atoms with Crippen molar-refractivity contribution in [3.63, 3.8) is 0 Å². The van der Waals surface area contributed by atoms with Crippen LogP contribution in [-0.4, -0.2) is 33.7 Å². The molecule has 1 atom stereocenters. The molecule has 2 aromatic rings. The van der Waals surface area contributed by atoms with Crippen LogP contribution in [0.4, 0.5) is 4.39 Å². The number of fused-ring (bicyclic) bond motifs is 1. The number of imidazole rings is 1. The summed E-state index contributed by atoms with van der Waals surface area (Å²) in [6.07, 6.45) is 0.908. The third-order valence-corrected chi connectivity index (χ3v) is 4.03. The Bertz CT molecular complexity index is 784. The quantitative estimate of drug-likeness (QED) is 0.877. The van der Waals surface area contributed by atoms with Crippen LogP contribution in [0.2, 0.25) is 0 Å². The van der Waals surface area contributed by atoms with E-state index < -0.39 is 11.8 Å². The number of methoxy groups -OCH3 is 1. The van der Waals surface area contributed by atoms with Crippen molar-refractivity contribution >= 4 is 11.9 Å². The lowest BCUT2D eigenvalue weighted by molar-refractivity contribution is -0.146. The van der Waals surface area contributed by atoms with E-state index in [1.807, 2.05) is 0 Å². The van der Waals surface area contributed by atoms with Gasteiger partial charge < -0.3 is 14.4 Å². The molecule has 3 rings (SSSR count). The van der Waals surface area contributed by atoms with Crippen LogP contribution in [0.25, 0.3) is 11.4 Å². The number of rotatable bonds is 3. The Kier molecular flexibility index (Phi) is 3.85. The molecule has 0 aliphatic carbocycles. The highest BCUT2D eigenvalue weighted by Gasteiger charge is 2.32. The van der Waals surface area contributed by atoms with E-state index in [1.54, 1.807) is 10.6 Å². The predicted octanol–water partition coefficient (Wildman–Crippen LogP) is 2.12. The summed E-state index contributed by atoms with van der Waals surface area (Å²) in [4.78, 5) is 27.4. The largest absolute Gasteiger partial charge is 0.476 e. The maximum Gasteiger partial charge on any atom is 0.356 e. The molecule has 0 fully saturated rings. The fraction of sp³-hybridized carbons (Fsp3) is 0.312. The van der Waals surface area contributed by atoms with Crippen LogP contribution >= 0.6 is 0 Å². The molecule has 23 heavy (non-hydrogen) atoms. The molecule has 0 saturated carbocycles. The normalized spacial score (nSPS) is 16.7. The number of carboxylic acid groups (broad SMARTS) is 1. The number of aromatic nitrogens is 2. The number of carbonyl (C=O) groups is 2. The second kappa shape index (κ2) is 5.83. The van der Waals surface area contributed by atoms with Gasteiger partial charge in [0.25, 0.3) is 0 Å². The van der Waals surface area contributed by atoms with Crippen molar-refractivity contribution in [3.05, 3.63) is 41.5 Å². The third kappa shape index (κ3) is 2.69. The third-order valence-electron chi connectivity index (χ3n) is 4.03. The van der Waals surface area contributed by atoms with Gasteiger partial charge in [-0.05, 0) is 25.0 Å². The number of esters is 1. The lowest BCUT2D eigenvalue weighted by Gasteiger charge is -2.23. The van der Waals surface area contributed by atoms with E-state index in [0.717, 1.165) is 0 Å². The molecule has 0 bridgehead atoms. The molecule has 1 unspecified atom stereocenters. The van der Waals surface area contributed by atoms with Crippen LogP contribution in [0, 0.1) is 11.7 Å². The molecule has 1 aromatic carbocycles. The molecule has 1 aliphatic rings. The van der Waals surface area contributed by atoms with Gasteiger partial charge >= 0.3 is 11.9 Å². The van der Waals surface area contributed by atoms with E-state index >= 15 is 0 Å². The van der Waals surface area contributed by atoms with Crippen molar-refractivity contribution in [2.24, 2.45) is 5.92 Å². The maximum atomic E-state index is 13.5. The average Bonchev–Trinajstić information content (AvgIpc) is 2.93. The van der Waals surface area contributed by atoms with Gasteiger partial charge in [0, 0.05) is 12.1 Å². The SMILES string of the molecule is COC(=O)C1CCc2c(C(=O)O)nc(-c3cccc(F)c3)n2C1. The van der Waals surface area contributed by atoms with Gasteiger partial charge in [-0.15, -0.1) is 0 Å². The molecule has 2 heterocycles. The zero-order chi connectivity index (χ0) is 16.6. The van der Waals surface area contributed by atoms with Gasteiger partial charge in [0.1, 0.15) is 11.6 Å². The molecule has 1 aromatic heterocycles. The number of ether oxygens (including phenoxy) is 1. The minimum atomic E-state index is -1.13. The van der Waals surface area contributed by atoms with Crippen molar-refractivity contribution in [1.29, 1.82) is 0 Å². The standard InChI is InChI=1S/C16H15FN2O4/c1-23-16(22)10-5-6-12-13(15(20)21)18-14(19(12)8-10)9-3-2-4-11(17)7-9/h2-4,7,10H,5-6,8H2,1H3,(H,20,21). The van der Waals surface area contributed by atoms with E-state index in [4.69, 9.17) is 4.74 Å². The highest BCUT2D eigenvalue weighted by molar-refractivity contribution is 5.88. The first-order chi connectivity index (χ1) is 11.0. The predicted molar refractivity (Wildman–Crippen MR) is 78.4 cm³/mol. The topological polar surface area (TPSA) is 81.4 Å². The first-order valence-electron chi connectivity index (χ1n) is 7.17. The monoisotopic (exact) mass is 318 g/mol. The highest BCUT2D eigenvalue weighted by atomic mass is 19.1. The minimum absolute atomic E-state index is 0.0485. The second-order valence-electron chi connectivity index (χ2n) is 5.42. The molecule has 6 nitrogen and oxygen atoms in total. The summed E-state index contributed by atoms with van der Waals surface area (Å²) in [6.45, 7) is 0.272. The molecule has 7 heteroatoms. The van der Waals surface area contributed by atoms with Crippen LogP contribution in [0.1, 0.15) is 22.6 Å². The first-order valence-corrected chi connectivity index (χ1v) is 7.17. The van der Waals surface area contributed by atoms with Gasteiger partial charge in [0.15, 0.2) is 5.69 Å². The molecule has 0 spiro atoms. The second-order valence-corrected chi connectivity index (χ2v) is 5.42. The summed E-state index contributed by atoms with van der Waals surface area (Å²) in [7, 11) is 1.32. The fourth-order valence-electron chi connectivity index (χ4n) is 2.94. The van der Waals surface area contributed by atoms with E-state index in [-0.39, 0.29) is 24.1 Å². The number of carbonyl (C=O) groups excluding carboxylic acids is 1. The van der Waals surface area contributed by atoms with E-state index in [9.17, 15) is 19.1 Å². The number of hydrogen-bond donors (Lipinski definition) is 1. The van der Waals surface area contributed by atoms with E-state index in [0.29, 0.717) is 29.9 Å². The smallest absolute Gasteiger partial charge is 0.356 e. The van der Waals surface area contributed by atoms with Crippen LogP contribution in [0.15, 0.2) is 24.3 Å². The molecule has 0 saturated heterocycles. The minimum Gasteiger partial charge on any atom is -0.476 e. The lowest BCUT2D eigenvalue weighted by atomic mass is 9.97.